The van der Waals surface area contributed by atoms with E-state index in [-0.39, 0.29) is 0 Å². The summed E-state index contributed by atoms with van der Waals surface area (Å²) in [7, 11) is 0. The second-order valence-electron chi connectivity index (χ2n) is 3.64. The van der Waals surface area contributed by atoms with Gasteiger partial charge in [0.25, 0.3) is 0 Å². The largest absolute Gasteiger partial charge is 0.178 e. The van der Waals surface area contributed by atoms with E-state index in [1.165, 1.54) is 11.1 Å². The van der Waals surface area contributed by atoms with Gasteiger partial charge in [-0.05, 0) is 24.0 Å². The zero-order chi connectivity index (χ0) is 9.38. The van der Waals surface area contributed by atoms with Crippen molar-refractivity contribution in [2.75, 3.05) is 0 Å². The molecule has 14 heavy (non-hydrogen) atoms. The number of H-pyrrole nitrogens is 1. The number of aromatic nitrogens is 4. The van der Waals surface area contributed by atoms with Gasteiger partial charge in [-0.3, -0.25) is 0 Å². The van der Waals surface area contributed by atoms with Crippen LogP contribution in [0.15, 0.2) is 24.3 Å². The maximum Gasteiger partial charge on any atom is 0.178 e. The minimum absolute atomic E-state index is 0.408. The van der Waals surface area contributed by atoms with Crippen LogP contribution in [0.4, 0.5) is 0 Å². The maximum absolute atomic E-state index is 4.03. The van der Waals surface area contributed by atoms with Gasteiger partial charge < -0.3 is 0 Å². The van der Waals surface area contributed by atoms with Gasteiger partial charge in [0, 0.05) is 5.92 Å². The molecule has 4 nitrogen and oxygen atoms in total. The third kappa shape index (κ3) is 1.11. The molecule has 1 aliphatic carbocycles. The molecule has 1 N–H and O–H groups in total. The maximum atomic E-state index is 4.03. The molecule has 4 heteroatoms. The first-order valence-corrected chi connectivity index (χ1v) is 4.73. The predicted molar refractivity (Wildman–Crippen MR) is 50.8 cm³/mol. The number of hydrogen-bond donors (Lipinski definition) is 1. The lowest BCUT2D eigenvalue weighted by Gasteiger charge is -1.99. The molecule has 0 radical (unpaired) electrons. The van der Waals surface area contributed by atoms with Crippen molar-refractivity contribution in [3.05, 3.63) is 41.2 Å². The third-order valence-electron chi connectivity index (χ3n) is 2.78. The Hall–Kier alpha value is -1.71. The minimum atomic E-state index is 0.408. The molecular weight excluding hydrogens is 176 g/mol. The SMILES string of the molecule is c1ccc2c(c1)CC(c1nn[nH]n1)C2. The first-order valence-electron chi connectivity index (χ1n) is 4.73. The molecule has 0 amide bonds. The Morgan fingerprint density at radius 1 is 1.14 bits per heavy atom. The van der Waals surface area contributed by atoms with Gasteiger partial charge in [0.15, 0.2) is 5.82 Å². The summed E-state index contributed by atoms with van der Waals surface area (Å²) in [6, 6.07) is 8.51. The van der Waals surface area contributed by atoms with E-state index in [1.807, 2.05) is 0 Å². The van der Waals surface area contributed by atoms with Crippen LogP contribution in [0.1, 0.15) is 22.9 Å². The van der Waals surface area contributed by atoms with Crippen molar-refractivity contribution in [1.82, 2.24) is 20.6 Å². The molecule has 1 heterocycles. The van der Waals surface area contributed by atoms with E-state index in [9.17, 15) is 0 Å². The smallest absolute Gasteiger partial charge is 0.177 e. The lowest BCUT2D eigenvalue weighted by Crippen LogP contribution is -2.00. The molecule has 2 aromatic rings. The second kappa shape index (κ2) is 2.90. The van der Waals surface area contributed by atoms with Crippen molar-refractivity contribution < 1.29 is 0 Å². The van der Waals surface area contributed by atoms with E-state index in [0.717, 1.165) is 18.7 Å². The highest BCUT2D eigenvalue weighted by molar-refractivity contribution is 5.34. The van der Waals surface area contributed by atoms with Gasteiger partial charge in [-0.25, -0.2) is 0 Å². The van der Waals surface area contributed by atoms with Gasteiger partial charge in [-0.15, -0.1) is 10.2 Å². The van der Waals surface area contributed by atoms with Crippen molar-refractivity contribution in [1.29, 1.82) is 0 Å². The summed E-state index contributed by atoms with van der Waals surface area (Å²) < 4.78 is 0. The van der Waals surface area contributed by atoms with Crippen LogP contribution in [0.25, 0.3) is 0 Å². The van der Waals surface area contributed by atoms with Crippen LogP contribution in [0, 0.1) is 0 Å². The molecule has 1 aromatic heterocycles. The number of fused-ring (bicyclic) bond motifs is 1. The quantitative estimate of drug-likeness (QED) is 0.725. The summed E-state index contributed by atoms with van der Waals surface area (Å²) in [5.41, 5.74) is 2.84. The van der Waals surface area contributed by atoms with Crippen LogP contribution in [0.5, 0.6) is 0 Å². The van der Waals surface area contributed by atoms with Crippen molar-refractivity contribution in [3.63, 3.8) is 0 Å². The Kier molecular flexibility index (Phi) is 1.59. The van der Waals surface area contributed by atoms with E-state index in [2.05, 4.69) is 44.9 Å². The van der Waals surface area contributed by atoms with Crippen molar-refractivity contribution in [2.24, 2.45) is 0 Å². The molecule has 0 unspecified atom stereocenters. The van der Waals surface area contributed by atoms with Gasteiger partial charge in [-0.2, -0.15) is 5.21 Å². The number of tetrazole rings is 1. The summed E-state index contributed by atoms with van der Waals surface area (Å²) in [5.74, 6) is 1.24. The highest BCUT2D eigenvalue weighted by atomic mass is 15.5. The highest BCUT2D eigenvalue weighted by Gasteiger charge is 2.25. The van der Waals surface area contributed by atoms with E-state index in [4.69, 9.17) is 0 Å². The van der Waals surface area contributed by atoms with Crippen LogP contribution in [-0.4, -0.2) is 20.6 Å². The Balaban J connectivity index is 1.92. The van der Waals surface area contributed by atoms with Gasteiger partial charge in [0.1, 0.15) is 0 Å². The molecule has 1 aliphatic rings. The molecule has 70 valence electrons. The minimum Gasteiger partial charge on any atom is -0.177 e. The first-order chi connectivity index (χ1) is 6.93. The fraction of sp³-hybridized carbons (Fsp3) is 0.300. The second-order valence-corrected chi connectivity index (χ2v) is 3.64. The van der Waals surface area contributed by atoms with Crippen LogP contribution >= 0.6 is 0 Å². The summed E-state index contributed by atoms with van der Waals surface area (Å²) in [6.07, 6.45) is 2.07. The van der Waals surface area contributed by atoms with E-state index in [1.54, 1.807) is 0 Å². The fourth-order valence-electron chi connectivity index (χ4n) is 2.08. The molecule has 3 rings (SSSR count). The van der Waals surface area contributed by atoms with E-state index >= 15 is 0 Å². The van der Waals surface area contributed by atoms with E-state index < -0.39 is 0 Å². The van der Waals surface area contributed by atoms with Gasteiger partial charge >= 0.3 is 0 Å². The summed E-state index contributed by atoms with van der Waals surface area (Å²) >= 11 is 0. The first kappa shape index (κ1) is 7.67. The standard InChI is InChI=1S/C10H10N4/c1-2-4-8-6-9(5-7(8)3-1)10-11-13-14-12-10/h1-4,9H,5-6H2,(H,11,12,13,14). The monoisotopic (exact) mass is 186 g/mol. The topological polar surface area (TPSA) is 54.5 Å². The molecule has 0 saturated heterocycles. The molecule has 0 aliphatic heterocycles. The highest BCUT2D eigenvalue weighted by Crippen LogP contribution is 2.31. The van der Waals surface area contributed by atoms with Gasteiger partial charge in [-0.1, -0.05) is 29.5 Å². The Bertz CT molecular complexity index is 410. The molecule has 1 aromatic carbocycles. The number of nitrogens with zero attached hydrogens (tertiary/aromatic N) is 3. The number of hydrogen-bond acceptors (Lipinski definition) is 3. The third-order valence-corrected chi connectivity index (χ3v) is 2.78. The lowest BCUT2D eigenvalue weighted by molar-refractivity contribution is 0.684. The fourth-order valence-corrected chi connectivity index (χ4v) is 2.08. The van der Waals surface area contributed by atoms with Crippen LogP contribution < -0.4 is 0 Å². The average Bonchev–Trinajstić information content (AvgIpc) is 2.86. The average molecular weight is 186 g/mol. The van der Waals surface area contributed by atoms with Gasteiger partial charge in [0.2, 0.25) is 0 Å². The lowest BCUT2D eigenvalue weighted by atomic mass is 10.1. The number of nitrogens with one attached hydrogen (secondary N) is 1. The van der Waals surface area contributed by atoms with Crippen molar-refractivity contribution in [2.45, 2.75) is 18.8 Å². The number of rotatable bonds is 1. The number of benzene rings is 1. The van der Waals surface area contributed by atoms with Crippen LogP contribution in [0.2, 0.25) is 0 Å². The van der Waals surface area contributed by atoms with Crippen LogP contribution in [-0.2, 0) is 12.8 Å². The predicted octanol–water partition coefficient (Wildman–Crippen LogP) is 1.08. The molecule has 0 spiro atoms. The zero-order valence-electron chi connectivity index (χ0n) is 7.64. The molecule has 0 fully saturated rings. The summed E-state index contributed by atoms with van der Waals surface area (Å²) in [6.45, 7) is 0. The van der Waals surface area contributed by atoms with Crippen molar-refractivity contribution >= 4 is 0 Å². The molecule has 0 atom stereocenters. The van der Waals surface area contributed by atoms with Crippen molar-refractivity contribution in [3.8, 4) is 0 Å². The van der Waals surface area contributed by atoms with Crippen LogP contribution in [0.3, 0.4) is 0 Å². The Morgan fingerprint density at radius 2 is 1.86 bits per heavy atom. The zero-order valence-corrected chi connectivity index (χ0v) is 7.64. The van der Waals surface area contributed by atoms with Gasteiger partial charge in [0.05, 0.1) is 0 Å². The molecule has 0 saturated carbocycles. The Labute approximate surface area is 81.4 Å². The summed E-state index contributed by atoms with van der Waals surface area (Å²) in [5, 5.41) is 14.2. The molecular formula is C10H10N4. The number of aromatic amines is 1. The summed E-state index contributed by atoms with van der Waals surface area (Å²) in [4.78, 5) is 0. The Morgan fingerprint density at radius 3 is 2.43 bits per heavy atom. The normalized spacial score (nSPS) is 15.7. The molecule has 0 bridgehead atoms. The van der Waals surface area contributed by atoms with E-state index in [0.29, 0.717) is 5.92 Å².